The monoisotopic (exact) mass is 421 g/mol. The van der Waals surface area contributed by atoms with Crippen molar-refractivity contribution in [3.63, 3.8) is 0 Å². The van der Waals surface area contributed by atoms with Gasteiger partial charge in [0.25, 0.3) is 0 Å². The first-order valence-corrected chi connectivity index (χ1v) is 9.96. The number of β-amino-alcohol motifs (C(OH)–C–C–N with tert-alkyl or cyclic N) is 1. The third kappa shape index (κ3) is 5.93. The minimum atomic E-state index is -0.714. The molecule has 0 bridgehead atoms. The zero-order valence-corrected chi connectivity index (χ0v) is 17.5. The Balaban J connectivity index is 1.51. The van der Waals surface area contributed by atoms with Crippen LogP contribution in [0.2, 0.25) is 0 Å². The maximum atomic E-state index is 13.6. The first-order chi connectivity index (χ1) is 14.1. The fourth-order valence-corrected chi connectivity index (χ4v) is 3.31. The van der Waals surface area contributed by atoms with Gasteiger partial charge < -0.3 is 24.5 Å². The summed E-state index contributed by atoms with van der Waals surface area (Å²) in [5.41, 5.74) is -0.393. The molecule has 1 aromatic carbocycles. The molecule has 2 heterocycles. The number of benzene rings is 1. The molecule has 1 aromatic heterocycles. The van der Waals surface area contributed by atoms with Gasteiger partial charge in [-0.25, -0.2) is 14.0 Å². The van der Waals surface area contributed by atoms with E-state index >= 15 is 0 Å². The maximum absolute atomic E-state index is 13.6. The van der Waals surface area contributed by atoms with E-state index in [1.807, 2.05) is 20.8 Å². The molecule has 1 aliphatic heterocycles. The Morgan fingerprint density at radius 3 is 2.63 bits per heavy atom. The smallest absolute Gasteiger partial charge is 0.410 e. The van der Waals surface area contributed by atoms with Crippen LogP contribution in [-0.4, -0.2) is 72.0 Å². The summed E-state index contributed by atoms with van der Waals surface area (Å²) < 4.78 is 24.0. The lowest BCUT2D eigenvalue weighted by atomic mass is 10.2. The SMILES string of the molecule is CC(C)(C)OC(=O)N1CCN(CC(O)CNc2cc(=O)oc3ccc(F)cc23)CC1. The molecule has 0 spiro atoms. The van der Waals surface area contributed by atoms with Gasteiger partial charge in [-0.15, -0.1) is 0 Å². The van der Waals surface area contributed by atoms with Crippen molar-refractivity contribution in [1.82, 2.24) is 9.80 Å². The summed E-state index contributed by atoms with van der Waals surface area (Å²) in [6, 6.07) is 5.15. The number of hydrogen-bond acceptors (Lipinski definition) is 7. The van der Waals surface area contributed by atoms with Crippen molar-refractivity contribution in [3.05, 3.63) is 40.5 Å². The number of ether oxygens (including phenoxy) is 1. The van der Waals surface area contributed by atoms with Crippen molar-refractivity contribution in [2.75, 3.05) is 44.6 Å². The molecule has 0 radical (unpaired) electrons. The van der Waals surface area contributed by atoms with Crippen LogP contribution >= 0.6 is 0 Å². The molecule has 9 heteroatoms. The molecule has 1 saturated heterocycles. The number of carbonyl (C=O) groups is 1. The molecule has 1 atom stereocenters. The Bertz CT molecular complexity index is 948. The summed E-state index contributed by atoms with van der Waals surface area (Å²) in [5.74, 6) is -0.442. The van der Waals surface area contributed by atoms with Gasteiger partial charge in [-0.05, 0) is 39.0 Å². The highest BCUT2D eigenvalue weighted by atomic mass is 19.1. The summed E-state index contributed by atoms with van der Waals surface area (Å²) in [6.07, 6.45) is -1.04. The minimum absolute atomic E-state index is 0.182. The highest BCUT2D eigenvalue weighted by Crippen LogP contribution is 2.22. The molecular formula is C21H28FN3O5. The van der Waals surface area contributed by atoms with Gasteiger partial charge in [-0.2, -0.15) is 0 Å². The van der Waals surface area contributed by atoms with Gasteiger partial charge in [0, 0.05) is 50.7 Å². The maximum Gasteiger partial charge on any atom is 0.410 e. The largest absolute Gasteiger partial charge is 0.444 e. The number of halogens is 1. The van der Waals surface area contributed by atoms with Crippen molar-refractivity contribution in [2.45, 2.75) is 32.5 Å². The number of hydrogen-bond donors (Lipinski definition) is 2. The number of anilines is 1. The first kappa shape index (κ1) is 22.0. The number of nitrogens with zero attached hydrogens (tertiary/aromatic N) is 2. The van der Waals surface area contributed by atoms with Gasteiger partial charge in [0.05, 0.1) is 11.8 Å². The third-order valence-electron chi connectivity index (χ3n) is 4.73. The Morgan fingerprint density at radius 1 is 1.27 bits per heavy atom. The molecule has 1 aliphatic rings. The zero-order chi connectivity index (χ0) is 21.9. The van der Waals surface area contributed by atoms with Crippen LogP contribution in [0.15, 0.2) is 33.5 Å². The van der Waals surface area contributed by atoms with Crippen molar-refractivity contribution in [2.24, 2.45) is 0 Å². The number of fused-ring (bicyclic) bond motifs is 1. The highest BCUT2D eigenvalue weighted by Gasteiger charge is 2.26. The second-order valence-electron chi connectivity index (χ2n) is 8.42. The van der Waals surface area contributed by atoms with E-state index in [2.05, 4.69) is 10.2 Å². The standard InChI is InChI=1S/C21H28FN3O5/c1-21(2,3)30-20(28)25-8-6-24(7-9-25)13-15(26)12-23-17-11-19(27)29-18-5-4-14(22)10-16(17)18/h4-5,10-11,15,23,26H,6-9,12-13H2,1-3H3. The summed E-state index contributed by atoms with van der Waals surface area (Å²) in [4.78, 5) is 27.6. The molecule has 1 fully saturated rings. The molecule has 164 valence electrons. The van der Waals surface area contributed by atoms with Crippen LogP contribution in [0.25, 0.3) is 11.0 Å². The van der Waals surface area contributed by atoms with Crippen molar-refractivity contribution >= 4 is 22.7 Å². The van der Waals surface area contributed by atoms with E-state index in [0.29, 0.717) is 43.8 Å². The number of amides is 1. The fraction of sp³-hybridized carbons (Fsp3) is 0.524. The third-order valence-corrected chi connectivity index (χ3v) is 4.73. The normalized spacial score (nSPS) is 16.5. The van der Waals surface area contributed by atoms with Crippen LogP contribution in [0, 0.1) is 5.82 Å². The van der Waals surface area contributed by atoms with E-state index in [0.717, 1.165) is 0 Å². The number of carbonyl (C=O) groups excluding carboxylic acids is 1. The van der Waals surface area contributed by atoms with E-state index in [4.69, 9.17) is 9.15 Å². The Kier molecular flexibility index (Phi) is 6.62. The van der Waals surface area contributed by atoms with E-state index < -0.39 is 23.1 Å². The highest BCUT2D eigenvalue weighted by molar-refractivity contribution is 5.89. The average Bonchev–Trinajstić information content (AvgIpc) is 2.65. The van der Waals surface area contributed by atoms with Gasteiger partial charge in [0.2, 0.25) is 0 Å². The molecule has 0 aliphatic carbocycles. The Morgan fingerprint density at radius 2 is 1.97 bits per heavy atom. The molecule has 30 heavy (non-hydrogen) atoms. The first-order valence-electron chi connectivity index (χ1n) is 9.96. The van der Waals surface area contributed by atoms with Crippen molar-refractivity contribution in [3.8, 4) is 0 Å². The molecule has 8 nitrogen and oxygen atoms in total. The van der Waals surface area contributed by atoms with Crippen LogP contribution < -0.4 is 10.9 Å². The second-order valence-corrected chi connectivity index (χ2v) is 8.42. The predicted molar refractivity (Wildman–Crippen MR) is 111 cm³/mol. The van der Waals surface area contributed by atoms with Gasteiger partial charge in [0.15, 0.2) is 0 Å². The Hall–Kier alpha value is -2.65. The minimum Gasteiger partial charge on any atom is -0.444 e. The molecule has 1 unspecified atom stereocenters. The van der Waals surface area contributed by atoms with Crippen molar-refractivity contribution < 1.29 is 23.4 Å². The van der Waals surface area contributed by atoms with Gasteiger partial charge in [0.1, 0.15) is 17.0 Å². The number of aliphatic hydroxyl groups excluding tert-OH is 1. The quantitative estimate of drug-likeness (QED) is 0.715. The zero-order valence-electron chi connectivity index (χ0n) is 17.5. The number of aliphatic hydroxyl groups is 1. The van der Waals surface area contributed by atoms with E-state index in [-0.39, 0.29) is 18.2 Å². The summed E-state index contributed by atoms with van der Waals surface area (Å²) in [6.45, 7) is 8.39. The average molecular weight is 421 g/mol. The summed E-state index contributed by atoms with van der Waals surface area (Å²) >= 11 is 0. The lowest BCUT2D eigenvalue weighted by Crippen LogP contribution is -2.51. The topological polar surface area (TPSA) is 95.3 Å². The van der Waals surface area contributed by atoms with Crippen LogP contribution in [0.1, 0.15) is 20.8 Å². The molecule has 1 amide bonds. The van der Waals surface area contributed by atoms with Crippen LogP contribution in [0.4, 0.5) is 14.9 Å². The second kappa shape index (κ2) is 9.01. The van der Waals surface area contributed by atoms with E-state index in [1.54, 1.807) is 4.90 Å². The number of piperazine rings is 1. The lowest BCUT2D eigenvalue weighted by Gasteiger charge is -2.36. The van der Waals surface area contributed by atoms with Crippen molar-refractivity contribution in [1.29, 1.82) is 0 Å². The predicted octanol–water partition coefficient (Wildman–Crippen LogP) is 2.26. The van der Waals surface area contributed by atoms with Crippen LogP contribution in [-0.2, 0) is 4.74 Å². The summed E-state index contributed by atoms with van der Waals surface area (Å²) in [5, 5.41) is 13.8. The van der Waals surface area contributed by atoms with Crippen LogP contribution in [0.3, 0.4) is 0 Å². The van der Waals surface area contributed by atoms with Gasteiger partial charge >= 0.3 is 11.7 Å². The van der Waals surface area contributed by atoms with E-state index in [1.165, 1.54) is 24.3 Å². The molecule has 2 aromatic rings. The lowest BCUT2D eigenvalue weighted by molar-refractivity contribution is 0.0108. The van der Waals surface area contributed by atoms with Gasteiger partial charge in [-0.1, -0.05) is 0 Å². The van der Waals surface area contributed by atoms with E-state index in [9.17, 15) is 19.1 Å². The molecule has 0 saturated carbocycles. The molecule has 2 N–H and O–H groups in total. The summed E-state index contributed by atoms with van der Waals surface area (Å²) in [7, 11) is 0. The number of nitrogens with one attached hydrogen (secondary N) is 1. The molecular weight excluding hydrogens is 393 g/mol. The van der Waals surface area contributed by atoms with Crippen LogP contribution in [0.5, 0.6) is 0 Å². The molecule has 3 rings (SSSR count). The fourth-order valence-electron chi connectivity index (χ4n) is 3.31. The Labute approximate surface area is 174 Å². The number of rotatable bonds is 5. The van der Waals surface area contributed by atoms with Gasteiger partial charge in [-0.3, -0.25) is 4.90 Å².